The molecule has 0 fully saturated rings. The molecule has 1 radical (unpaired) electrons. The van der Waals surface area contributed by atoms with Crippen LogP contribution >= 0.6 is 0 Å². The Bertz CT molecular complexity index is 97.6. The third kappa shape index (κ3) is 1.53. The quantitative estimate of drug-likeness (QED) is 0.382. The highest BCUT2D eigenvalue weighted by Gasteiger charge is 2.17. The molecule has 2 nitrogen and oxygen atoms in total. The van der Waals surface area contributed by atoms with E-state index in [9.17, 15) is 0 Å². The number of hydrogen-bond donors (Lipinski definition) is 0. The molecule has 0 aliphatic rings. The Labute approximate surface area is 49.8 Å². The van der Waals surface area contributed by atoms with Crippen LogP contribution in [0.25, 0.3) is 0 Å². The lowest BCUT2D eigenvalue weighted by molar-refractivity contribution is -0.127. The van der Waals surface area contributed by atoms with Crippen LogP contribution in [0.15, 0.2) is 0 Å². The highest BCUT2D eigenvalue weighted by Crippen LogP contribution is 2.04. The first kappa shape index (κ1) is 7.48. The molecule has 0 unspecified atom stereocenters. The lowest BCUT2D eigenvalue weighted by Crippen LogP contribution is -2.27. The van der Waals surface area contributed by atoms with Crippen molar-refractivity contribution < 1.29 is 9.47 Å². The van der Waals surface area contributed by atoms with Gasteiger partial charge in [0.1, 0.15) is 0 Å². The Hall–Kier alpha value is -0.520. The SMILES string of the molecule is C#CC([CH2])(OC)OC. The van der Waals surface area contributed by atoms with Crippen molar-refractivity contribution in [2.24, 2.45) is 0 Å². The number of terminal acetylenes is 1. The second-order valence-electron chi connectivity index (χ2n) is 1.31. The fraction of sp³-hybridized carbons (Fsp3) is 0.500. The van der Waals surface area contributed by atoms with Crippen molar-refractivity contribution in [1.82, 2.24) is 0 Å². The summed E-state index contributed by atoms with van der Waals surface area (Å²) >= 11 is 0. The zero-order valence-electron chi connectivity index (χ0n) is 5.10. The maximum absolute atomic E-state index is 4.97. The van der Waals surface area contributed by atoms with Gasteiger partial charge in [-0.3, -0.25) is 0 Å². The molecule has 0 bridgehead atoms. The summed E-state index contributed by atoms with van der Waals surface area (Å²) in [6, 6.07) is 0. The van der Waals surface area contributed by atoms with Crippen molar-refractivity contribution in [3.05, 3.63) is 6.92 Å². The first-order valence-corrected chi connectivity index (χ1v) is 2.12. The average Bonchev–Trinajstić information content (AvgIpc) is 1.87. The van der Waals surface area contributed by atoms with Gasteiger partial charge in [-0.1, -0.05) is 0 Å². The molecule has 8 heavy (non-hydrogen) atoms. The molecule has 0 aromatic heterocycles. The molecule has 0 heterocycles. The van der Waals surface area contributed by atoms with Gasteiger partial charge in [-0.15, -0.1) is 6.42 Å². The maximum atomic E-state index is 4.97. The summed E-state index contributed by atoms with van der Waals surface area (Å²) in [5, 5.41) is 0. The van der Waals surface area contributed by atoms with Gasteiger partial charge in [0.25, 0.3) is 0 Å². The van der Waals surface area contributed by atoms with E-state index >= 15 is 0 Å². The van der Waals surface area contributed by atoms with E-state index in [2.05, 4.69) is 22.3 Å². The molecule has 0 saturated heterocycles. The van der Waals surface area contributed by atoms with Crippen LogP contribution in [0.1, 0.15) is 0 Å². The van der Waals surface area contributed by atoms with Gasteiger partial charge >= 0.3 is 0 Å². The standard InChI is InChI=1S/C6H9O2/c1-5-6(2,7-3)8-4/h1H,2H2,3-4H3. The lowest BCUT2D eigenvalue weighted by atomic mass is 10.3. The lowest BCUT2D eigenvalue weighted by Gasteiger charge is -2.18. The zero-order chi connectivity index (χ0) is 6.62. The van der Waals surface area contributed by atoms with Gasteiger partial charge < -0.3 is 9.47 Å². The molecule has 0 N–H and O–H groups in total. The minimum atomic E-state index is -1.10. The molecule has 45 valence electrons. The van der Waals surface area contributed by atoms with E-state index in [1.807, 2.05) is 0 Å². The van der Waals surface area contributed by atoms with Crippen molar-refractivity contribution in [2.45, 2.75) is 5.79 Å². The fourth-order valence-electron chi connectivity index (χ4n) is 0.201. The largest absolute Gasteiger partial charge is 0.343 e. The second kappa shape index (κ2) is 2.71. The Morgan fingerprint density at radius 1 is 1.50 bits per heavy atom. The molecule has 0 rings (SSSR count). The van der Waals surface area contributed by atoms with E-state index in [1.165, 1.54) is 14.2 Å². The Balaban J connectivity index is 3.83. The molecule has 0 aliphatic heterocycles. The summed E-state index contributed by atoms with van der Waals surface area (Å²) in [6.07, 6.45) is 4.97. The molecule has 0 amide bonds. The molecular weight excluding hydrogens is 104 g/mol. The summed E-state index contributed by atoms with van der Waals surface area (Å²) < 4.78 is 9.33. The predicted octanol–water partition coefficient (Wildman–Crippen LogP) is 0.443. The van der Waals surface area contributed by atoms with Crippen molar-refractivity contribution >= 4 is 0 Å². The summed E-state index contributed by atoms with van der Waals surface area (Å²) in [6.45, 7) is 3.44. The van der Waals surface area contributed by atoms with Crippen molar-refractivity contribution in [2.75, 3.05) is 14.2 Å². The van der Waals surface area contributed by atoms with Crippen LogP contribution in [0.2, 0.25) is 0 Å². The van der Waals surface area contributed by atoms with Crippen molar-refractivity contribution in [1.29, 1.82) is 0 Å². The van der Waals surface area contributed by atoms with E-state index in [0.29, 0.717) is 0 Å². The van der Waals surface area contributed by atoms with Gasteiger partial charge in [0.2, 0.25) is 5.79 Å². The number of rotatable bonds is 2. The minimum Gasteiger partial charge on any atom is -0.343 e. The average molecular weight is 113 g/mol. The van der Waals surface area contributed by atoms with Gasteiger partial charge in [0, 0.05) is 21.1 Å². The number of methoxy groups -OCH3 is 2. The highest BCUT2D eigenvalue weighted by atomic mass is 16.7. The second-order valence-corrected chi connectivity index (χ2v) is 1.31. The van der Waals surface area contributed by atoms with Crippen molar-refractivity contribution in [3.8, 4) is 12.3 Å². The Kier molecular flexibility index (Phi) is 2.53. The smallest absolute Gasteiger partial charge is 0.232 e. The molecule has 0 saturated carbocycles. The third-order valence-corrected chi connectivity index (χ3v) is 0.879. The molecular formula is C6H9O2. The van der Waals surface area contributed by atoms with E-state index < -0.39 is 5.79 Å². The molecule has 0 aromatic carbocycles. The van der Waals surface area contributed by atoms with E-state index in [-0.39, 0.29) is 0 Å². The topological polar surface area (TPSA) is 18.5 Å². The fourth-order valence-corrected chi connectivity index (χ4v) is 0.201. The van der Waals surface area contributed by atoms with Gasteiger partial charge in [0.05, 0.1) is 0 Å². The maximum Gasteiger partial charge on any atom is 0.232 e. The van der Waals surface area contributed by atoms with E-state index in [4.69, 9.17) is 6.42 Å². The van der Waals surface area contributed by atoms with Gasteiger partial charge in [-0.25, -0.2) is 0 Å². The van der Waals surface area contributed by atoms with Crippen LogP contribution in [0.5, 0.6) is 0 Å². The first-order chi connectivity index (χ1) is 3.68. The van der Waals surface area contributed by atoms with Crippen molar-refractivity contribution in [3.63, 3.8) is 0 Å². The zero-order valence-corrected chi connectivity index (χ0v) is 5.10. The Morgan fingerprint density at radius 2 is 1.88 bits per heavy atom. The third-order valence-electron chi connectivity index (χ3n) is 0.879. The molecule has 0 spiro atoms. The van der Waals surface area contributed by atoms with E-state index in [1.54, 1.807) is 0 Å². The summed E-state index contributed by atoms with van der Waals surface area (Å²) in [5.74, 6) is 1.12. The summed E-state index contributed by atoms with van der Waals surface area (Å²) in [7, 11) is 2.88. The first-order valence-electron chi connectivity index (χ1n) is 2.12. The minimum absolute atomic E-state index is 1.10. The van der Waals surface area contributed by atoms with Gasteiger partial charge in [-0.05, 0) is 5.92 Å². The summed E-state index contributed by atoms with van der Waals surface area (Å²) in [4.78, 5) is 0. The highest BCUT2D eigenvalue weighted by molar-refractivity contribution is 5.03. The van der Waals surface area contributed by atoms with Crippen LogP contribution < -0.4 is 0 Å². The van der Waals surface area contributed by atoms with E-state index in [0.717, 1.165) is 0 Å². The predicted molar refractivity (Wildman–Crippen MR) is 30.9 cm³/mol. The monoisotopic (exact) mass is 113 g/mol. The molecule has 0 aliphatic carbocycles. The van der Waals surface area contributed by atoms with Gasteiger partial charge in [-0.2, -0.15) is 0 Å². The summed E-state index contributed by atoms with van der Waals surface area (Å²) in [5.41, 5.74) is 0. The van der Waals surface area contributed by atoms with Crippen LogP contribution in [0.4, 0.5) is 0 Å². The molecule has 0 atom stereocenters. The van der Waals surface area contributed by atoms with Crippen LogP contribution in [0, 0.1) is 19.3 Å². The Morgan fingerprint density at radius 3 is 1.88 bits per heavy atom. The molecule has 0 aromatic rings. The number of ether oxygens (including phenoxy) is 2. The van der Waals surface area contributed by atoms with Crippen LogP contribution in [0.3, 0.4) is 0 Å². The van der Waals surface area contributed by atoms with Crippen LogP contribution in [-0.4, -0.2) is 20.0 Å². The van der Waals surface area contributed by atoms with Crippen LogP contribution in [-0.2, 0) is 9.47 Å². The molecule has 2 heteroatoms. The number of hydrogen-bond acceptors (Lipinski definition) is 2. The van der Waals surface area contributed by atoms with Gasteiger partial charge in [0.15, 0.2) is 0 Å². The normalized spacial score (nSPS) is 10.8.